The minimum absolute atomic E-state index is 0.0164. The van der Waals surface area contributed by atoms with E-state index in [9.17, 15) is 14.4 Å². The molecule has 1 unspecified atom stereocenters. The van der Waals surface area contributed by atoms with Gasteiger partial charge in [-0.1, -0.05) is 24.3 Å². The van der Waals surface area contributed by atoms with E-state index in [0.717, 1.165) is 37.1 Å². The third-order valence-electron chi connectivity index (χ3n) is 5.43. The first-order valence-electron chi connectivity index (χ1n) is 10.1. The fourth-order valence-electron chi connectivity index (χ4n) is 3.83. The van der Waals surface area contributed by atoms with Gasteiger partial charge < -0.3 is 10.1 Å². The molecular weight excluding hydrogens is 368 g/mol. The van der Waals surface area contributed by atoms with E-state index in [0.29, 0.717) is 30.5 Å². The number of amides is 3. The number of rotatable bonds is 6. The number of benzene rings is 2. The quantitative estimate of drug-likeness (QED) is 0.765. The van der Waals surface area contributed by atoms with Crippen LogP contribution in [0.2, 0.25) is 0 Å². The van der Waals surface area contributed by atoms with Crippen molar-refractivity contribution in [2.75, 3.05) is 18.5 Å². The highest BCUT2D eigenvalue weighted by molar-refractivity contribution is 6.21. The zero-order valence-electron chi connectivity index (χ0n) is 16.2. The zero-order chi connectivity index (χ0) is 20.2. The van der Waals surface area contributed by atoms with E-state index in [1.54, 1.807) is 24.3 Å². The van der Waals surface area contributed by atoms with E-state index in [4.69, 9.17) is 4.74 Å². The van der Waals surface area contributed by atoms with Gasteiger partial charge in [-0.3, -0.25) is 19.3 Å². The van der Waals surface area contributed by atoms with Gasteiger partial charge in [0.05, 0.1) is 23.7 Å². The van der Waals surface area contributed by atoms with Crippen LogP contribution in [-0.4, -0.2) is 41.9 Å². The topological polar surface area (TPSA) is 75.7 Å². The largest absolute Gasteiger partial charge is 0.378 e. The van der Waals surface area contributed by atoms with Crippen LogP contribution in [0.25, 0.3) is 0 Å². The molecule has 1 N–H and O–H groups in total. The van der Waals surface area contributed by atoms with E-state index >= 15 is 0 Å². The first-order valence-corrected chi connectivity index (χ1v) is 10.1. The van der Waals surface area contributed by atoms with Crippen LogP contribution in [-0.2, 0) is 16.0 Å². The number of nitrogens with one attached hydrogen (secondary N) is 1. The van der Waals surface area contributed by atoms with Crippen molar-refractivity contribution in [2.45, 2.75) is 38.2 Å². The number of hydrogen-bond donors (Lipinski definition) is 1. The molecule has 6 nitrogen and oxygen atoms in total. The summed E-state index contributed by atoms with van der Waals surface area (Å²) in [6, 6.07) is 14.4. The molecular formula is C23H24N2O4. The second-order valence-electron chi connectivity index (χ2n) is 7.50. The average molecular weight is 392 g/mol. The second-order valence-corrected chi connectivity index (χ2v) is 7.50. The van der Waals surface area contributed by atoms with Crippen LogP contribution in [0.3, 0.4) is 0 Å². The molecule has 2 aromatic carbocycles. The maximum Gasteiger partial charge on any atom is 0.261 e. The molecule has 150 valence electrons. The second kappa shape index (κ2) is 8.57. The van der Waals surface area contributed by atoms with Gasteiger partial charge in [0.25, 0.3) is 11.8 Å². The molecule has 2 heterocycles. The van der Waals surface area contributed by atoms with Crippen molar-refractivity contribution in [1.29, 1.82) is 0 Å². The minimum Gasteiger partial charge on any atom is -0.378 e. The van der Waals surface area contributed by atoms with Crippen molar-refractivity contribution in [3.63, 3.8) is 0 Å². The lowest BCUT2D eigenvalue weighted by Gasteiger charge is -2.21. The van der Waals surface area contributed by atoms with Crippen molar-refractivity contribution in [1.82, 2.24) is 4.90 Å². The fourth-order valence-corrected chi connectivity index (χ4v) is 3.83. The van der Waals surface area contributed by atoms with Crippen LogP contribution in [0.4, 0.5) is 5.69 Å². The van der Waals surface area contributed by atoms with Crippen LogP contribution < -0.4 is 5.32 Å². The number of hydrogen-bond acceptors (Lipinski definition) is 4. The summed E-state index contributed by atoms with van der Waals surface area (Å²) in [4.78, 5) is 38.3. The van der Waals surface area contributed by atoms with Crippen LogP contribution in [0.15, 0.2) is 48.5 Å². The molecule has 2 aromatic rings. The molecule has 29 heavy (non-hydrogen) atoms. The number of nitrogens with zero attached hydrogens (tertiary/aromatic N) is 1. The molecule has 4 rings (SSSR count). The van der Waals surface area contributed by atoms with Crippen LogP contribution in [0.1, 0.15) is 52.0 Å². The summed E-state index contributed by atoms with van der Waals surface area (Å²) in [5, 5.41) is 2.90. The molecule has 3 amide bonds. The lowest BCUT2D eigenvalue weighted by Crippen LogP contribution is -2.31. The van der Waals surface area contributed by atoms with Gasteiger partial charge in [0, 0.05) is 18.8 Å². The van der Waals surface area contributed by atoms with Gasteiger partial charge in [-0.2, -0.15) is 0 Å². The number of carbonyl (C=O) groups is 3. The Morgan fingerprint density at radius 2 is 1.69 bits per heavy atom. The molecule has 0 radical (unpaired) electrons. The van der Waals surface area contributed by atoms with Gasteiger partial charge in [0.1, 0.15) is 0 Å². The number of fused-ring (bicyclic) bond motifs is 1. The molecule has 1 saturated heterocycles. The number of ether oxygens (including phenoxy) is 1. The summed E-state index contributed by atoms with van der Waals surface area (Å²) in [6.45, 7) is 1.07. The van der Waals surface area contributed by atoms with Gasteiger partial charge in [0.15, 0.2) is 0 Å². The molecule has 6 heteroatoms. The molecule has 1 fully saturated rings. The molecule has 2 aliphatic rings. The monoisotopic (exact) mass is 392 g/mol. The number of carbonyl (C=O) groups excluding carboxylic acids is 3. The lowest BCUT2D eigenvalue weighted by atomic mass is 10.1. The zero-order valence-corrected chi connectivity index (χ0v) is 16.2. The van der Waals surface area contributed by atoms with Crippen molar-refractivity contribution in [3.8, 4) is 0 Å². The molecule has 2 aliphatic heterocycles. The Balaban J connectivity index is 1.29. The highest BCUT2D eigenvalue weighted by Crippen LogP contribution is 2.23. The number of imide groups is 1. The molecule has 0 bridgehead atoms. The highest BCUT2D eigenvalue weighted by atomic mass is 16.5. The Bertz CT molecular complexity index is 882. The van der Waals surface area contributed by atoms with Crippen molar-refractivity contribution >= 4 is 23.4 Å². The summed E-state index contributed by atoms with van der Waals surface area (Å²) in [5.41, 5.74) is 2.67. The standard InChI is InChI=1S/C23H24N2O4/c26-21(15-18-5-3-4-14-29-18)24-17-10-8-16(9-11-17)12-13-25-22(27)19-6-1-2-7-20(19)23(25)28/h1-2,6-11,18H,3-5,12-15H2,(H,24,26). The Hall–Kier alpha value is -2.99. The lowest BCUT2D eigenvalue weighted by molar-refractivity contribution is -0.119. The van der Waals surface area contributed by atoms with Gasteiger partial charge in [-0.25, -0.2) is 0 Å². The van der Waals surface area contributed by atoms with Crippen molar-refractivity contribution in [2.24, 2.45) is 0 Å². The molecule has 0 spiro atoms. The Kier molecular flexibility index (Phi) is 5.71. The van der Waals surface area contributed by atoms with Crippen molar-refractivity contribution < 1.29 is 19.1 Å². The van der Waals surface area contributed by atoms with E-state index in [1.165, 1.54) is 4.90 Å². The van der Waals surface area contributed by atoms with Crippen molar-refractivity contribution in [3.05, 3.63) is 65.2 Å². The highest BCUT2D eigenvalue weighted by Gasteiger charge is 2.34. The maximum absolute atomic E-state index is 12.4. The van der Waals surface area contributed by atoms with E-state index < -0.39 is 0 Å². The first kappa shape index (κ1) is 19.3. The summed E-state index contributed by atoms with van der Waals surface area (Å²) in [5.74, 6) is -0.519. The van der Waals surface area contributed by atoms with Gasteiger partial charge in [0.2, 0.25) is 5.91 Å². The normalized spacial score (nSPS) is 18.6. The fraction of sp³-hybridized carbons (Fsp3) is 0.348. The molecule has 1 atom stereocenters. The van der Waals surface area contributed by atoms with E-state index in [-0.39, 0.29) is 23.8 Å². The Morgan fingerprint density at radius 1 is 1.00 bits per heavy atom. The third kappa shape index (κ3) is 4.38. The van der Waals surface area contributed by atoms with Gasteiger partial charge >= 0.3 is 0 Å². The Morgan fingerprint density at radius 3 is 2.31 bits per heavy atom. The summed E-state index contributed by atoms with van der Waals surface area (Å²) in [6.07, 6.45) is 4.07. The predicted octanol–water partition coefficient (Wildman–Crippen LogP) is 3.42. The minimum atomic E-state index is -0.237. The summed E-state index contributed by atoms with van der Waals surface area (Å²) < 4.78 is 5.61. The third-order valence-corrected chi connectivity index (χ3v) is 5.43. The summed E-state index contributed by atoms with van der Waals surface area (Å²) >= 11 is 0. The van der Waals surface area contributed by atoms with Gasteiger partial charge in [-0.15, -0.1) is 0 Å². The number of anilines is 1. The van der Waals surface area contributed by atoms with Gasteiger partial charge in [-0.05, 0) is 55.5 Å². The van der Waals surface area contributed by atoms with Crippen LogP contribution in [0, 0.1) is 0 Å². The van der Waals surface area contributed by atoms with E-state index in [2.05, 4.69) is 5.32 Å². The summed E-state index contributed by atoms with van der Waals surface area (Å²) in [7, 11) is 0. The van der Waals surface area contributed by atoms with Crippen LogP contribution >= 0.6 is 0 Å². The van der Waals surface area contributed by atoms with Crippen LogP contribution in [0.5, 0.6) is 0 Å². The smallest absolute Gasteiger partial charge is 0.261 e. The Labute approximate surface area is 169 Å². The first-order chi connectivity index (χ1) is 14.1. The molecule has 0 saturated carbocycles. The average Bonchev–Trinajstić information content (AvgIpc) is 2.98. The molecule has 0 aliphatic carbocycles. The van der Waals surface area contributed by atoms with E-state index in [1.807, 2.05) is 24.3 Å². The predicted molar refractivity (Wildman–Crippen MR) is 109 cm³/mol. The molecule has 0 aromatic heterocycles. The SMILES string of the molecule is O=C(CC1CCCCO1)Nc1ccc(CCN2C(=O)c3ccccc3C2=O)cc1. The maximum atomic E-state index is 12.4.